The van der Waals surface area contributed by atoms with Crippen molar-refractivity contribution in [2.24, 2.45) is 5.73 Å². The fourth-order valence-electron chi connectivity index (χ4n) is 3.81. The average Bonchev–Trinajstić information content (AvgIpc) is 3.23. The van der Waals surface area contributed by atoms with Crippen LogP contribution in [0.4, 0.5) is 5.82 Å². The summed E-state index contributed by atoms with van der Waals surface area (Å²) in [6, 6.07) is 2.01. The maximum Gasteiger partial charge on any atom is 0.254 e. The molecule has 0 spiro atoms. The number of rotatable bonds is 2. The Hall–Kier alpha value is -1.64. The van der Waals surface area contributed by atoms with Crippen LogP contribution in [0.15, 0.2) is 12.4 Å². The van der Waals surface area contributed by atoms with Crippen molar-refractivity contribution in [1.29, 1.82) is 0 Å². The first-order chi connectivity index (χ1) is 11.6. The van der Waals surface area contributed by atoms with Crippen molar-refractivity contribution >= 4 is 42.3 Å². The minimum Gasteiger partial charge on any atom is -0.353 e. The Balaban J connectivity index is 0.00000121. The molecule has 2 aromatic heterocycles. The van der Waals surface area contributed by atoms with Crippen LogP contribution in [0, 0.1) is 6.92 Å². The standard InChI is InChI=1S/C16H23N7O.2ClH/c1-12-10-13(23-15(20-12)18-11-19-23)21-6-8-22(9-7-21)14(24)16(17)4-2-3-5-16;;/h10-11H,2-9,17H2,1H3;2*1H. The van der Waals surface area contributed by atoms with Crippen LogP contribution in [0.1, 0.15) is 31.4 Å². The average molecular weight is 402 g/mol. The lowest BCUT2D eigenvalue weighted by molar-refractivity contribution is -0.137. The van der Waals surface area contributed by atoms with Gasteiger partial charge < -0.3 is 15.5 Å². The molecule has 8 nitrogen and oxygen atoms in total. The molecule has 1 amide bonds. The van der Waals surface area contributed by atoms with E-state index in [0.29, 0.717) is 18.9 Å². The van der Waals surface area contributed by atoms with Crippen molar-refractivity contribution in [2.45, 2.75) is 38.1 Å². The van der Waals surface area contributed by atoms with E-state index < -0.39 is 5.54 Å². The minimum atomic E-state index is -0.630. The van der Waals surface area contributed by atoms with E-state index in [1.54, 1.807) is 4.52 Å². The van der Waals surface area contributed by atoms with Gasteiger partial charge in [0.25, 0.3) is 5.78 Å². The summed E-state index contributed by atoms with van der Waals surface area (Å²) in [5.74, 6) is 1.71. The van der Waals surface area contributed by atoms with Crippen molar-refractivity contribution in [1.82, 2.24) is 24.5 Å². The topological polar surface area (TPSA) is 92.7 Å². The molecule has 2 aromatic rings. The van der Waals surface area contributed by atoms with Crippen LogP contribution in [0.3, 0.4) is 0 Å². The van der Waals surface area contributed by atoms with Crippen LogP contribution in [0.2, 0.25) is 0 Å². The summed E-state index contributed by atoms with van der Waals surface area (Å²) in [5, 5.41) is 4.26. The zero-order valence-corrected chi connectivity index (χ0v) is 16.4. The molecule has 1 aliphatic heterocycles. The Morgan fingerprint density at radius 3 is 2.46 bits per heavy atom. The van der Waals surface area contributed by atoms with Crippen LogP contribution in [0.25, 0.3) is 5.78 Å². The van der Waals surface area contributed by atoms with E-state index in [1.807, 2.05) is 17.9 Å². The van der Waals surface area contributed by atoms with Crippen LogP contribution in [-0.4, -0.2) is 62.1 Å². The molecule has 2 aliphatic rings. The van der Waals surface area contributed by atoms with Gasteiger partial charge in [0.2, 0.25) is 5.91 Å². The summed E-state index contributed by atoms with van der Waals surface area (Å²) >= 11 is 0. The molecular formula is C16H25Cl2N7O. The second-order valence-corrected chi connectivity index (χ2v) is 6.87. The van der Waals surface area contributed by atoms with Gasteiger partial charge in [-0.1, -0.05) is 12.8 Å². The van der Waals surface area contributed by atoms with Crippen LogP contribution in [-0.2, 0) is 4.79 Å². The molecule has 1 saturated heterocycles. The monoisotopic (exact) mass is 401 g/mol. The maximum atomic E-state index is 12.7. The van der Waals surface area contributed by atoms with Gasteiger partial charge in [-0.2, -0.15) is 14.6 Å². The zero-order chi connectivity index (χ0) is 16.7. The Morgan fingerprint density at radius 2 is 1.81 bits per heavy atom. The van der Waals surface area contributed by atoms with Gasteiger partial charge in [0.1, 0.15) is 12.1 Å². The highest BCUT2D eigenvalue weighted by atomic mass is 35.5. The molecule has 0 aromatic carbocycles. The van der Waals surface area contributed by atoms with E-state index in [1.165, 1.54) is 6.33 Å². The fraction of sp³-hybridized carbons (Fsp3) is 0.625. The van der Waals surface area contributed by atoms with Gasteiger partial charge in [0, 0.05) is 37.9 Å². The molecule has 2 N–H and O–H groups in total. The lowest BCUT2D eigenvalue weighted by Crippen LogP contribution is -2.58. The molecule has 3 heterocycles. The number of hydrogen-bond acceptors (Lipinski definition) is 6. The molecule has 144 valence electrons. The number of carbonyl (C=O) groups is 1. The molecule has 1 saturated carbocycles. The molecule has 2 fully saturated rings. The molecule has 26 heavy (non-hydrogen) atoms. The SMILES string of the molecule is Cc1cc(N2CCN(C(=O)C3(N)CCCC3)CC2)n2ncnc2n1.Cl.Cl. The first-order valence-electron chi connectivity index (χ1n) is 8.57. The van der Waals surface area contributed by atoms with Gasteiger partial charge in [0.05, 0.1) is 5.54 Å². The Kier molecular flexibility index (Phi) is 6.31. The Bertz CT molecular complexity index is 767. The number of aromatic nitrogens is 4. The predicted molar refractivity (Wildman–Crippen MR) is 104 cm³/mol. The number of nitrogens with two attached hydrogens (primary N) is 1. The largest absolute Gasteiger partial charge is 0.353 e. The summed E-state index contributed by atoms with van der Waals surface area (Å²) in [7, 11) is 0. The Morgan fingerprint density at radius 1 is 1.15 bits per heavy atom. The molecule has 0 atom stereocenters. The van der Waals surface area contributed by atoms with Gasteiger partial charge in [-0.05, 0) is 19.8 Å². The highest BCUT2D eigenvalue weighted by Crippen LogP contribution is 2.29. The third-order valence-corrected chi connectivity index (χ3v) is 5.17. The summed E-state index contributed by atoms with van der Waals surface area (Å²) < 4.78 is 1.76. The van der Waals surface area contributed by atoms with Crippen molar-refractivity contribution in [3.63, 3.8) is 0 Å². The quantitative estimate of drug-likeness (QED) is 0.812. The van der Waals surface area contributed by atoms with Crippen molar-refractivity contribution < 1.29 is 4.79 Å². The lowest BCUT2D eigenvalue weighted by Gasteiger charge is -2.39. The lowest BCUT2D eigenvalue weighted by atomic mass is 9.97. The number of piperazine rings is 1. The van der Waals surface area contributed by atoms with Crippen LogP contribution >= 0.6 is 24.8 Å². The number of anilines is 1. The second-order valence-electron chi connectivity index (χ2n) is 6.87. The third-order valence-electron chi connectivity index (χ3n) is 5.17. The number of halogens is 2. The number of aryl methyl sites for hydroxylation is 1. The van der Waals surface area contributed by atoms with Crippen LogP contribution in [0.5, 0.6) is 0 Å². The van der Waals surface area contributed by atoms with Gasteiger partial charge in [-0.3, -0.25) is 4.79 Å². The van der Waals surface area contributed by atoms with E-state index in [2.05, 4.69) is 20.0 Å². The number of carbonyl (C=O) groups excluding carboxylic acids is 1. The van der Waals surface area contributed by atoms with E-state index in [4.69, 9.17) is 5.73 Å². The van der Waals surface area contributed by atoms with E-state index in [9.17, 15) is 4.79 Å². The summed E-state index contributed by atoms with van der Waals surface area (Å²) in [4.78, 5) is 25.4. The number of fused-ring (bicyclic) bond motifs is 1. The predicted octanol–water partition coefficient (Wildman–Crippen LogP) is 1.20. The first-order valence-corrected chi connectivity index (χ1v) is 8.57. The molecule has 0 unspecified atom stereocenters. The van der Waals surface area contributed by atoms with E-state index >= 15 is 0 Å². The summed E-state index contributed by atoms with van der Waals surface area (Å²) in [6.07, 6.45) is 5.26. The molecule has 10 heteroatoms. The highest BCUT2D eigenvalue weighted by Gasteiger charge is 2.40. The molecular weight excluding hydrogens is 377 g/mol. The molecule has 1 aliphatic carbocycles. The zero-order valence-electron chi connectivity index (χ0n) is 14.8. The maximum absolute atomic E-state index is 12.7. The van der Waals surface area contributed by atoms with E-state index in [-0.39, 0.29) is 30.7 Å². The summed E-state index contributed by atoms with van der Waals surface area (Å²) in [6.45, 7) is 4.86. The number of hydrogen-bond donors (Lipinski definition) is 1. The number of nitrogens with zero attached hydrogens (tertiary/aromatic N) is 6. The normalized spacial score (nSPS) is 19.2. The molecule has 0 bridgehead atoms. The smallest absolute Gasteiger partial charge is 0.254 e. The second kappa shape index (κ2) is 7.94. The summed E-state index contributed by atoms with van der Waals surface area (Å²) in [5.41, 5.74) is 6.61. The molecule has 0 radical (unpaired) electrons. The number of amides is 1. The van der Waals surface area contributed by atoms with Crippen molar-refractivity contribution in [3.8, 4) is 0 Å². The van der Waals surface area contributed by atoms with Gasteiger partial charge in [0.15, 0.2) is 0 Å². The highest BCUT2D eigenvalue weighted by molar-refractivity contribution is 5.86. The van der Waals surface area contributed by atoms with Crippen molar-refractivity contribution in [3.05, 3.63) is 18.1 Å². The third kappa shape index (κ3) is 3.58. The van der Waals surface area contributed by atoms with Crippen LogP contribution < -0.4 is 10.6 Å². The first kappa shape index (κ1) is 20.7. The van der Waals surface area contributed by atoms with Gasteiger partial charge >= 0.3 is 0 Å². The van der Waals surface area contributed by atoms with Crippen molar-refractivity contribution in [2.75, 3.05) is 31.1 Å². The minimum absolute atomic E-state index is 0. The Labute approximate surface area is 165 Å². The van der Waals surface area contributed by atoms with Gasteiger partial charge in [-0.15, -0.1) is 24.8 Å². The van der Waals surface area contributed by atoms with E-state index in [0.717, 1.165) is 50.3 Å². The van der Waals surface area contributed by atoms with Gasteiger partial charge in [-0.25, -0.2) is 4.98 Å². The molecule has 4 rings (SSSR count). The fourth-order valence-corrected chi connectivity index (χ4v) is 3.81.